The van der Waals surface area contributed by atoms with E-state index in [2.05, 4.69) is 0 Å². The lowest BCUT2D eigenvalue weighted by Crippen LogP contribution is -2.19. The van der Waals surface area contributed by atoms with Gasteiger partial charge in [0.05, 0.1) is 11.0 Å². The number of carboxylic acid groups (broad SMARTS) is 1. The minimum Gasteiger partial charge on any atom is -0.489 e. The zero-order valence-electron chi connectivity index (χ0n) is 17.1. The summed E-state index contributed by atoms with van der Waals surface area (Å²) in [6, 6.07) is 19.3. The minimum absolute atomic E-state index is 0.0544. The number of ether oxygens (including phenoxy) is 2. The maximum Gasteiger partial charge on any atom is 0.416 e. The molecule has 4 rings (SSSR count). The van der Waals surface area contributed by atoms with Crippen LogP contribution in [0.25, 0.3) is 0 Å². The Morgan fingerprint density at radius 1 is 0.844 bits per heavy atom. The Hall–Kier alpha value is -3.48. The van der Waals surface area contributed by atoms with Crippen molar-refractivity contribution in [3.63, 3.8) is 0 Å². The van der Waals surface area contributed by atoms with Crippen molar-refractivity contribution in [3.05, 3.63) is 95.1 Å². The highest BCUT2D eigenvalue weighted by molar-refractivity contribution is 5.84. The van der Waals surface area contributed by atoms with Crippen LogP contribution in [0.5, 0.6) is 11.5 Å². The third-order valence-corrected chi connectivity index (χ3v) is 5.64. The van der Waals surface area contributed by atoms with Crippen LogP contribution in [-0.4, -0.2) is 11.1 Å². The number of carboxylic acids is 1. The molecule has 1 saturated carbocycles. The van der Waals surface area contributed by atoms with Crippen LogP contribution in [0.3, 0.4) is 0 Å². The minimum atomic E-state index is -4.45. The van der Waals surface area contributed by atoms with E-state index in [1.165, 1.54) is 12.1 Å². The number of carbonyl (C=O) groups is 1. The Balaban J connectivity index is 1.42. The number of rotatable bonds is 8. The number of benzene rings is 3. The summed E-state index contributed by atoms with van der Waals surface area (Å²) < 4.78 is 51.1. The average molecular weight is 442 g/mol. The van der Waals surface area contributed by atoms with Gasteiger partial charge in [-0.05, 0) is 42.7 Å². The number of hydrogen-bond donors (Lipinski definition) is 1. The number of alkyl halides is 3. The molecule has 1 aliphatic carbocycles. The molecule has 0 radical (unpaired) electrons. The number of para-hydroxylation sites is 1. The summed E-state index contributed by atoms with van der Waals surface area (Å²) in [5.74, 6) is 0.181. The molecule has 0 bridgehead atoms. The van der Waals surface area contributed by atoms with E-state index in [9.17, 15) is 23.1 Å². The SMILES string of the molecule is O=C(O)C1(c2ccc(OCc3ccccc3OCc3ccccc3C(F)(F)F)cc2)CC1. The summed E-state index contributed by atoms with van der Waals surface area (Å²) >= 11 is 0. The summed E-state index contributed by atoms with van der Waals surface area (Å²) in [6.07, 6.45) is -3.19. The van der Waals surface area contributed by atoms with E-state index in [-0.39, 0.29) is 18.8 Å². The Morgan fingerprint density at radius 3 is 2.06 bits per heavy atom. The monoisotopic (exact) mass is 442 g/mol. The fourth-order valence-corrected chi connectivity index (χ4v) is 3.62. The van der Waals surface area contributed by atoms with Crippen LogP contribution in [0.1, 0.15) is 35.1 Å². The summed E-state index contributed by atoms with van der Waals surface area (Å²) in [7, 11) is 0. The van der Waals surface area contributed by atoms with Gasteiger partial charge in [0.2, 0.25) is 0 Å². The molecule has 0 heterocycles. The van der Waals surface area contributed by atoms with Crippen molar-refractivity contribution < 1.29 is 32.5 Å². The predicted octanol–water partition coefficient (Wildman–Crippen LogP) is 5.98. The summed E-state index contributed by atoms with van der Waals surface area (Å²) in [4.78, 5) is 11.4. The van der Waals surface area contributed by atoms with Crippen LogP contribution in [-0.2, 0) is 29.6 Å². The van der Waals surface area contributed by atoms with Crippen molar-refractivity contribution in [1.29, 1.82) is 0 Å². The molecule has 1 N–H and O–H groups in total. The largest absolute Gasteiger partial charge is 0.489 e. The Kier molecular flexibility index (Phi) is 5.82. The molecule has 32 heavy (non-hydrogen) atoms. The zero-order chi connectivity index (χ0) is 22.8. The molecule has 4 nitrogen and oxygen atoms in total. The van der Waals surface area contributed by atoms with Crippen LogP contribution in [0.4, 0.5) is 13.2 Å². The first-order chi connectivity index (χ1) is 15.3. The Labute approximate surface area is 183 Å². The highest BCUT2D eigenvalue weighted by atomic mass is 19.4. The van der Waals surface area contributed by atoms with Crippen LogP contribution < -0.4 is 9.47 Å². The third-order valence-electron chi connectivity index (χ3n) is 5.64. The van der Waals surface area contributed by atoms with Gasteiger partial charge in [0, 0.05) is 11.1 Å². The molecular formula is C25H21F3O4. The van der Waals surface area contributed by atoms with E-state index in [1.54, 1.807) is 54.6 Å². The van der Waals surface area contributed by atoms with E-state index in [0.29, 0.717) is 29.9 Å². The maximum atomic E-state index is 13.2. The standard InChI is InChI=1S/C25H21F3O4/c26-25(27,28)21-7-3-1-5-17(21)15-32-22-8-4-2-6-18(22)16-31-20-11-9-19(10-12-20)24(13-14-24)23(29)30/h1-12H,13-16H2,(H,29,30). The van der Waals surface area contributed by atoms with Crippen molar-refractivity contribution in [2.75, 3.05) is 0 Å². The molecular weight excluding hydrogens is 421 g/mol. The molecule has 0 atom stereocenters. The van der Waals surface area contributed by atoms with Crippen molar-refractivity contribution in [1.82, 2.24) is 0 Å². The Morgan fingerprint density at radius 2 is 1.44 bits per heavy atom. The van der Waals surface area contributed by atoms with E-state index in [1.807, 2.05) is 0 Å². The molecule has 0 unspecified atom stereocenters. The van der Waals surface area contributed by atoms with Gasteiger partial charge >= 0.3 is 12.1 Å². The molecule has 7 heteroatoms. The summed E-state index contributed by atoms with van der Waals surface area (Å²) in [5, 5.41) is 9.40. The van der Waals surface area contributed by atoms with Crippen LogP contribution in [0, 0.1) is 0 Å². The fourth-order valence-electron chi connectivity index (χ4n) is 3.62. The first-order valence-electron chi connectivity index (χ1n) is 10.1. The molecule has 1 aliphatic rings. The molecule has 1 fully saturated rings. The lowest BCUT2D eigenvalue weighted by atomic mass is 9.96. The smallest absolute Gasteiger partial charge is 0.416 e. The average Bonchev–Trinajstić information content (AvgIpc) is 3.59. The van der Waals surface area contributed by atoms with Gasteiger partial charge in [0.15, 0.2) is 0 Å². The lowest BCUT2D eigenvalue weighted by molar-refractivity contribution is -0.140. The quantitative estimate of drug-likeness (QED) is 0.466. The summed E-state index contributed by atoms with van der Waals surface area (Å²) in [5.41, 5.74) is 0.00289. The highest BCUT2D eigenvalue weighted by Gasteiger charge is 2.51. The second kappa shape index (κ2) is 8.57. The zero-order valence-corrected chi connectivity index (χ0v) is 17.1. The van der Waals surface area contributed by atoms with Gasteiger partial charge in [-0.2, -0.15) is 13.2 Å². The molecule has 0 saturated heterocycles. The fraction of sp³-hybridized carbons (Fsp3) is 0.240. The van der Waals surface area contributed by atoms with Gasteiger partial charge in [-0.3, -0.25) is 4.79 Å². The first kappa shape index (κ1) is 21.7. The molecule has 3 aromatic carbocycles. The number of aliphatic carboxylic acids is 1. The van der Waals surface area contributed by atoms with Crippen molar-refractivity contribution in [2.24, 2.45) is 0 Å². The second-order valence-corrected chi connectivity index (χ2v) is 7.75. The van der Waals surface area contributed by atoms with E-state index >= 15 is 0 Å². The molecule has 0 spiro atoms. The molecule has 166 valence electrons. The van der Waals surface area contributed by atoms with E-state index < -0.39 is 23.1 Å². The second-order valence-electron chi connectivity index (χ2n) is 7.75. The summed E-state index contributed by atoms with van der Waals surface area (Å²) in [6.45, 7) is -0.0703. The Bertz CT molecular complexity index is 1100. The van der Waals surface area contributed by atoms with E-state index in [4.69, 9.17) is 9.47 Å². The molecule has 0 aliphatic heterocycles. The van der Waals surface area contributed by atoms with Gasteiger partial charge in [-0.1, -0.05) is 48.5 Å². The van der Waals surface area contributed by atoms with Crippen molar-refractivity contribution in [2.45, 2.75) is 37.6 Å². The lowest BCUT2D eigenvalue weighted by Gasteiger charge is -2.16. The van der Waals surface area contributed by atoms with Gasteiger partial charge in [-0.15, -0.1) is 0 Å². The van der Waals surface area contributed by atoms with Gasteiger partial charge in [-0.25, -0.2) is 0 Å². The molecule has 3 aromatic rings. The third kappa shape index (κ3) is 4.56. The number of hydrogen-bond acceptors (Lipinski definition) is 3. The van der Waals surface area contributed by atoms with Gasteiger partial charge in [0.1, 0.15) is 24.7 Å². The van der Waals surface area contributed by atoms with Crippen molar-refractivity contribution >= 4 is 5.97 Å². The van der Waals surface area contributed by atoms with Crippen LogP contribution in [0.15, 0.2) is 72.8 Å². The van der Waals surface area contributed by atoms with Gasteiger partial charge < -0.3 is 14.6 Å². The van der Waals surface area contributed by atoms with Crippen LogP contribution in [0.2, 0.25) is 0 Å². The van der Waals surface area contributed by atoms with E-state index in [0.717, 1.165) is 11.6 Å². The number of halogens is 3. The normalized spacial score (nSPS) is 14.6. The predicted molar refractivity (Wildman–Crippen MR) is 112 cm³/mol. The topological polar surface area (TPSA) is 55.8 Å². The molecule has 0 aromatic heterocycles. The molecule has 0 amide bonds. The van der Waals surface area contributed by atoms with Gasteiger partial charge in [0.25, 0.3) is 0 Å². The highest BCUT2D eigenvalue weighted by Crippen LogP contribution is 2.48. The van der Waals surface area contributed by atoms with Crippen LogP contribution >= 0.6 is 0 Å². The first-order valence-corrected chi connectivity index (χ1v) is 10.1. The maximum absolute atomic E-state index is 13.2. The van der Waals surface area contributed by atoms with Crippen molar-refractivity contribution in [3.8, 4) is 11.5 Å².